The van der Waals surface area contributed by atoms with Crippen LogP contribution in [-0.4, -0.2) is 18.4 Å². The minimum Gasteiger partial charge on any atom is -0.494 e. The normalized spacial score (nSPS) is 10.1. The first-order chi connectivity index (χ1) is 11.6. The number of benzene rings is 2. The van der Waals surface area contributed by atoms with Crippen molar-refractivity contribution in [1.82, 2.24) is 5.32 Å². The van der Waals surface area contributed by atoms with Gasteiger partial charge in [0.25, 0.3) is 0 Å². The molecule has 0 heterocycles. The van der Waals surface area contributed by atoms with Crippen molar-refractivity contribution in [3.63, 3.8) is 0 Å². The van der Waals surface area contributed by atoms with Crippen LogP contribution in [0.15, 0.2) is 48.5 Å². The largest absolute Gasteiger partial charge is 0.494 e. The summed E-state index contributed by atoms with van der Waals surface area (Å²) in [5.41, 5.74) is 1.54. The lowest BCUT2D eigenvalue weighted by Gasteiger charge is -2.08. The third kappa shape index (κ3) is 5.93. The first-order valence-electron chi connectivity index (χ1n) is 7.60. The van der Waals surface area contributed by atoms with Crippen molar-refractivity contribution in [3.8, 4) is 5.75 Å². The quantitative estimate of drug-likeness (QED) is 0.755. The molecule has 0 aromatic heterocycles. The Morgan fingerprint density at radius 2 is 1.67 bits per heavy atom. The maximum absolute atomic E-state index is 11.9. The van der Waals surface area contributed by atoms with E-state index in [1.807, 2.05) is 19.1 Å². The number of hydrogen-bond acceptors (Lipinski definition) is 3. The standard InChI is InChI=1S/C18H19ClN2O3/c1-2-24-16-9-7-15(8-10-16)21-18(23)11-17(22)20-12-13-3-5-14(19)6-4-13/h3-10H,2,11-12H2,1H3,(H,20,22)(H,21,23). The molecule has 5 nitrogen and oxygen atoms in total. The van der Waals surface area contributed by atoms with Gasteiger partial charge in [-0.05, 0) is 48.9 Å². The molecule has 2 N–H and O–H groups in total. The first-order valence-corrected chi connectivity index (χ1v) is 7.98. The molecule has 2 rings (SSSR count). The monoisotopic (exact) mass is 346 g/mol. The van der Waals surface area contributed by atoms with E-state index in [-0.39, 0.29) is 18.2 Å². The Balaban J connectivity index is 1.76. The van der Waals surface area contributed by atoms with Crippen molar-refractivity contribution in [2.24, 2.45) is 0 Å². The molecular formula is C18H19ClN2O3. The zero-order valence-corrected chi connectivity index (χ0v) is 14.1. The van der Waals surface area contributed by atoms with Gasteiger partial charge in [-0.1, -0.05) is 23.7 Å². The van der Waals surface area contributed by atoms with Gasteiger partial charge in [0.05, 0.1) is 6.61 Å². The number of rotatable bonds is 7. The van der Waals surface area contributed by atoms with Gasteiger partial charge in [0, 0.05) is 17.3 Å². The Morgan fingerprint density at radius 1 is 1.00 bits per heavy atom. The van der Waals surface area contributed by atoms with E-state index in [0.29, 0.717) is 23.9 Å². The number of anilines is 1. The topological polar surface area (TPSA) is 67.4 Å². The van der Waals surface area contributed by atoms with E-state index in [0.717, 1.165) is 11.3 Å². The first kappa shape index (κ1) is 17.8. The van der Waals surface area contributed by atoms with E-state index >= 15 is 0 Å². The molecule has 0 spiro atoms. The second kappa shape index (κ2) is 8.93. The molecule has 0 aliphatic carbocycles. The van der Waals surface area contributed by atoms with Gasteiger partial charge in [-0.3, -0.25) is 9.59 Å². The number of halogens is 1. The SMILES string of the molecule is CCOc1ccc(NC(=O)CC(=O)NCc2ccc(Cl)cc2)cc1. The molecule has 0 saturated carbocycles. The zero-order valence-electron chi connectivity index (χ0n) is 13.3. The van der Waals surface area contributed by atoms with Crippen molar-refractivity contribution in [2.75, 3.05) is 11.9 Å². The molecule has 6 heteroatoms. The number of carbonyl (C=O) groups is 2. The van der Waals surface area contributed by atoms with E-state index in [1.165, 1.54) is 0 Å². The summed E-state index contributed by atoms with van der Waals surface area (Å²) in [6, 6.07) is 14.1. The van der Waals surface area contributed by atoms with Crippen LogP contribution in [0.25, 0.3) is 0 Å². The Hall–Kier alpha value is -2.53. The predicted molar refractivity (Wildman–Crippen MR) is 94.2 cm³/mol. The minimum absolute atomic E-state index is 0.235. The third-order valence-corrected chi connectivity index (χ3v) is 3.43. The van der Waals surface area contributed by atoms with E-state index < -0.39 is 0 Å². The van der Waals surface area contributed by atoms with Crippen LogP contribution in [0.2, 0.25) is 5.02 Å². The van der Waals surface area contributed by atoms with Crippen molar-refractivity contribution in [2.45, 2.75) is 19.9 Å². The zero-order chi connectivity index (χ0) is 17.4. The number of nitrogens with one attached hydrogen (secondary N) is 2. The molecule has 0 saturated heterocycles. The highest BCUT2D eigenvalue weighted by Gasteiger charge is 2.09. The number of amides is 2. The summed E-state index contributed by atoms with van der Waals surface area (Å²) in [7, 11) is 0. The van der Waals surface area contributed by atoms with Gasteiger partial charge in [0.1, 0.15) is 12.2 Å². The summed E-state index contributed by atoms with van der Waals surface area (Å²) in [5, 5.41) is 6.01. The maximum Gasteiger partial charge on any atom is 0.233 e. The molecular weight excluding hydrogens is 328 g/mol. The molecule has 0 atom stereocenters. The highest BCUT2D eigenvalue weighted by Crippen LogP contribution is 2.15. The number of hydrogen-bond donors (Lipinski definition) is 2. The van der Waals surface area contributed by atoms with E-state index in [1.54, 1.807) is 36.4 Å². The molecule has 0 aliphatic rings. The molecule has 2 aromatic rings. The Morgan fingerprint density at radius 3 is 2.29 bits per heavy atom. The summed E-state index contributed by atoms with van der Waals surface area (Å²) in [6.07, 6.45) is -0.235. The summed E-state index contributed by atoms with van der Waals surface area (Å²) in [5.74, 6) is 0.0253. The van der Waals surface area contributed by atoms with Crippen LogP contribution in [-0.2, 0) is 16.1 Å². The maximum atomic E-state index is 11.9. The van der Waals surface area contributed by atoms with Crippen molar-refractivity contribution >= 4 is 29.1 Å². The minimum atomic E-state index is -0.368. The fourth-order valence-electron chi connectivity index (χ4n) is 2.02. The van der Waals surface area contributed by atoms with Gasteiger partial charge in [0.2, 0.25) is 11.8 Å². The van der Waals surface area contributed by atoms with Gasteiger partial charge in [-0.15, -0.1) is 0 Å². The van der Waals surface area contributed by atoms with Gasteiger partial charge in [-0.25, -0.2) is 0 Å². The lowest BCUT2D eigenvalue weighted by molar-refractivity contribution is -0.126. The highest BCUT2D eigenvalue weighted by molar-refractivity contribution is 6.30. The molecule has 0 fully saturated rings. The number of carbonyl (C=O) groups excluding carboxylic acids is 2. The Bertz CT molecular complexity index is 684. The molecule has 2 amide bonds. The van der Waals surface area contributed by atoms with Crippen LogP contribution in [0.1, 0.15) is 18.9 Å². The van der Waals surface area contributed by atoms with Crippen LogP contribution >= 0.6 is 11.6 Å². The fourth-order valence-corrected chi connectivity index (χ4v) is 2.14. The van der Waals surface area contributed by atoms with E-state index in [4.69, 9.17) is 16.3 Å². The smallest absolute Gasteiger partial charge is 0.233 e. The molecule has 0 radical (unpaired) electrons. The lowest BCUT2D eigenvalue weighted by atomic mass is 10.2. The summed E-state index contributed by atoms with van der Waals surface area (Å²) < 4.78 is 5.33. The van der Waals surface area contributed by atoms with Gasteiger partial charge in [0.15, 0.2) is 0 Å². The van der Waals surface area contributed by atoms with Gasteiger partial charge in [-0.2, -0.15) is 0 Å². The third-order valence-electron chi connectivity index (χ3n) is 3.17. The second-order valence-electron chi connectivity index (χ2n) is 5.09. The number of ether oxygens (including phenoxy) is 1. The lowest BCUT2D eigenvalue weighted by Crippen LogP contribution is -2.27. The Labute approximate surface area is 146 Å². The summed E-state index contributed by atoms with van der Waals surface area (Å²) in [6.45, 7) is 2.84. The highest BCUT2D eigenvalue weighted by atomic mass is 35.5. The van der Waals surface area contributed by atoms with Crippen molar-refractivity contribution in [3.05, 3.63) is 59.1 Å². The average molecular weight is 347 g/mol. The average Bonchev–Trinajstić information content (AvgIpc) is 2.56. The molecule has 0 unspecified atom stereocenters. The Kier molecular flexibility index (Phi) is 6.63. The molecule has 0 bridgehead atoms. The van der Waals surface area contributed by atoms with Crippen molar-refractivity contribution in [1.29, 1.82) is 0 Å². The molecule has 24 heavy (non-hydrogen) atoms. The van der Waals surface area contributed by atoms with E-state index in [9.17, 15) is 9.59 Å². The van der Waals surface area contributed by atoms with E-state index in [2.05, 4.69) is 10.6 Å². The van der Waals surface area contributed by atoms with Gasteiger partial charge < -0.3 is 15.4 Å². The van der Waals surface area contributed by atoms with Crippen LogP contribution in [0.5, 0.6) is 5.75 Å². The second-order valence-corrected chi connectivity index (χ2v) is 5.52. The van der Waals surface area contributed by atoms with Crippen LogP contribution in [0.4, 0.5) is 5.69 Å². The van der Waals surface area contributed by atoms with Crippen molar-refractivity contribution < 1.29 is 14.3 Å². The fraction of sp³-hybridized carbons (Fsp3) is 0.222. The predicted octanol–water partition coefficient (Wildman–Crippen LogP) is 3.38. The van der Waals surface area contributed by atoms with Crippen LogP contribution in [0, 0.1) is 0 Å². The summed E-state index contributed by atoms with van der Waals surface area (Å²) >= 11 is 5.80. The molecule has 2 aromatic carbocycles. The van der Waals surface area contributed by atoms with Gasteiger partial charge >= 0.3 is 0 Å². The van der Waals surface area contributed by atoms with Crippen LogP contribution in [0.3, 0.4) is 0 Å². The van der Waals surface area contributed by atoms with Crippen LogP contribution < -0.4 is 15.4 Å². The summed E-state index contributed by atoms with van der Waals surface area (Å²) in [4.78, 5) is 23.7. The molecule has 0 aliphatic heterocycles. The molecule has 126 valence electrons.